The summed E-state index contributed by atoms with van der Waals surface area (Å²) in [5.41, 5.74) is 2.87. The van der Waals surface area contributed by atoms with Crippen LogP contribution in [-0.4, -0.2) is 18.6 Å². The van der Waals surface area contributed by atoms with Gasteiger partial charge in [-0.2, -0.15) is 0 Å². The third kappa shape index (κ3) is 6.52. The van der Waals surface area contributed by atoms with Crippen LogP contribution >= 0.6 is 0 Å². The average molecular weight is 396 g/mol. The summed E-state index contributed by atoms with van der Waals surface area (Å²) in [4.78, 5) is 12.5. The summed E-state index contributed by atoms with van der Waals surface area (Å²) in [5.74, 6) is 2.24. The lowest BCUT2D eigenvalue weighted by molar-refractivity contribution is -0.122. The molecule has 1 fully saturated rings. The molecule has 1 atom stereocenters. The van der Waals surface area contributed by atoms with Crippen LogP contribution in [0.2, 0.25) is 0 Å². The van der Waals surface area contributed by atoms with E-state index in [1.807, 2.05) is 56.3 Å². The molecule has 0 radical (unpaired) electrons. The van der Waals surface area contributed by atoms with Crippen molar-refractivity contribution in [2.45, 2.75) is 65.4 Å². The standard InChI is InChI=1S/C25H33NO3/c1-18-9-10-19(2)24(17-18)29-20(3)25(27)26-22-11-13-23(14-12-22)28-16-15-21-7-5-4-6-8-21/h9-14,17,20-21H,4-8,15-16H2,1-3H3,(H,26,27). The van der Waals surface area contributed by atoms with E-state index in [1.54, 1.807) is 6.92 Å². The van der Waals surface area contributed by atoms with Crippen molar-refractivity contribution in [3.8, 4) is 11.5 Å². The normalized spacial score (nSPS) is 15.6. The fourth-order valence-corrected chi connectivity index (χ4v) is 3.78. The topological polar surface area (TPSA) is 47.6 Å². The highest BCUT2D eigenvalue weighted by Gasteiger charge is 2.16. The van der Waals surface area contributed by atoms with E-state index < -0.39 is 6.10 Å². The summed E-state index contributed by atoms with van der Waals surface area (Å²) in [6.07, 6.45) is 7.36. The molecule has 0 aliphatic heterocycles. The third-order valence-electron chi connectivity index (χ3n) is 5.66. The van der Waals surface area contributed by atoms with Crippen LogP contribution in [0.1, 0.15) is 56.6 Å². The van der Waals surface area contributed by atoms with Gasteiger partial charge in [0.15, 0.2) is 6.10 Å². The minimum atomic E-state index is -0.582. The van der Waals surface area contributed by atoms with Crippen molar-refractivity contribution in [3.05, 3.63) is 53.6 Å². The zero-order chi connectivity index (χ0) is 20.6. The van der Waals surface area contributed by atoms with E-state index in [0.717, 1.165) is 47.3 Å². The fraction of sp³-hybridized carbons (Fsp3) is 0.480. The maximum atomic E-state index is 12.5. The number of carbonyl (C=O) groups excluding carboxylic acids is 1. The van der Waals surface area contributed by atoms with Gasteiger partial charge in [0.25, 0.3) is 5.91 Å². The molecule has 0 bridgehead atoms. The first-order valence-corrected chi connectivity index (χ1v) is 10.8. The van der Waals surface area contributed by atoms with Crippen molar-refractivity contribution in [2.24, 2.45) is 5.92 Å². The van der Waals surface area contributed by atoms with Crippen molar-refractivity contribution < 1.29 is 14.3 Å². The van der Waals surface area contributed by atoms with Gasteiger partial charge in [-0.1, -0.05) is 44.2 Å². The first-order valence-electron chi connectivity index (χ1n) is 10.8. The highest BCUT2D eigenvalue weighted by atomic mass is 16.5. The van der Waals surface area contributed by atoms with Crippen molar-refractivity contribution in [2.75, 3.05) is 11.9 Å². The van der Waals surface area contributed by atoms with Crippen LogP contribution in [0, 0.1) is 19.8 Å². The highest BCUT2D eigenvalue weighted by Crippen LogP contribution is 2.26. The molecule has 1 amide bonds. The Morgan fingerprint density at radius 3 is 2.52 bits per heavy atom. The molecular formula is C25H33NO3. The van der Waals surface area contributed by atoms with Crippen molar-refractivity contribution in [1.29, 1.82) is 0 Å². The molecule has 0 heterocycles. The monoisotopic (exact) mass is 395 g/mol. The molecule has 3 rings (SSSR count). The number of carbonyl (C=O) groups is 1. The number of anilines is 1. The lowest BCUT2D eigenvalue weighted by Gasteiger charge is -2.21. The minimum absolute atomic E-state index is 0.170. The Bertz CT molecular complexity index is 794. The molecule has 1 saturated carbocycles. The van der Waals surface area contributed by atoms with Crippen molar-refractivity contribution in [3.63, 3.8) is 0 Å². The lowest BCUT2D eigenvalue weighted by atomic mass is 9.87. The van der Waals surface area contributed by atoms with Crippen LogP contribution in [-0.2, 0) is 4.79 Å². The Morgan fingerprint density at radius 2 is 1.79 bits per heavy atom. The first kappa shape index (κ1) is 21.2. The number of benzene rings is 2. The lowest BCUT2D eigenvalue weighted by Crippen LogP contribution is -2.30. The minimum Gasteiger partial charge on any atom is -0.494 e. The van der Waals surface area contributed by atoms with Gasteiger partial charge >= 0.3 is 0 Å². The van der Waals surface area contributed by atoms with Gasteiger partial charge in [0.05, 0.1) is 6.61 Å². The number of aryl methyl sites for hydroxylation is 2. The van der Waals surface area contributed by atoms with E-state index in [2.05, 4.69) is 5.32 Å². The Morgan fingerprint density at radius 1 is 1.07 bits per heavy atom. The maximum Gasteiger partial charge on any atom is 0.265 e. The smallest absolute Gasteiger partial charge is 0.265 e. The van der Waals surface area contributed by atoms with Crippen LogP contribution in [0.3, 0.4) is 0 Å². The summed E-state index contributed by atoms with van der Waals surface area (Å²) in [7, 11) is 0. The molecule has 4 nitrogen and oxygen atoms in total. The van der Waals surface area contributed by atoms with E-state index in [-0.39, 0.29) is 5.91 Å². The molecule has 0 saturated heterocycles. The van der Waals surface area contributed by atoms with Gasteiger partial charge in [0, 0.05) is 5.69 Å². The number of amides is 1. The molecule has 2 aromatic carbocycles. The molecule has 156 valence electrons. The number of nitrogens with one attached hydrogen (secondary N) is 1. The van der Waals surface area contributed by atoms with Gasteiger partial charge in [-0.15, -0.1) is 0 Å². The van der Waals surface area contributed by atoms with Gasteiger partial charge in [0.1, 0.15) is 11.5 Å². The predicted molar refractivity (Wildman–Crippen MR) is 118 cm³/mol. The third-order valence-corrected chi connectivity index (χ3v) is 5.66. The second-order valence-electron chi connectivity index (χ2n) is 8.18. The largest absolute Gasteiger partial charge is 0.494 e. The van der Waals surface area contributed by atoms with Crippen LogP contribution < -0.4 is 14.8 Å². The molecule has 1 N–H and O–H groups in total. The van der Waals surface area contributed by atoms with Crippen LogP contribution in [0.25, 0.3) is 0 Å². The number of hydrogen-bond donors (Lipinski definition) is 1. The molecule has 1 aliphatic rings. The quantitative estimate of drug-likeness (QED) is 0.591. The Balaban J connectivity index is 1.45. The Hall–Kier alpha value is -2.49. The van der Waals surface area contributed by atoms with E-state index in [0.29, 0.717) is 0 Å². The highest BCUT2D eigenvalue weighted by molar-refractivity contribution is 5.94. The van der Waals surface area contributed by atoms with Gasteiger partial charge in [-0.05, 0) is 74.6 Å². The van der Waals surface area contributed by atoms with E-state index in [4.69, 9.17) is 9.47 Å². The second-order valence-corrected chi connectivity index (χ2v) is 8.18. The first-order chi connectivity index (χ1) is 14.0. The fourth-order valence-electron chi connectivity index (χ4n) is 3.78. The molecule has 1 unspecified atom stereocenters. The SMILES string of the molecule is Cc1ccc(C)c(OC(C)C(=O)Nc2ccc(OCCC3CCCCC3)cc2)c1. The van der Waals surface area contributed by atoms with Crippen LogP contribution in [0.15, 0.2) is 42.5 Å². The summed E-state index contributed by atoms with van der Waals surface area (Å²) in [6.45, 7) is 6.51. The van der Waals surface area contributed by atoms with Gasteiger partial charge in [0.2, 0.25) is 0 Å². The van der Waals surface area contributed by atoms with E-state index in [9.17, 15) is 4.79 Å². The number of ether oxygens (including phenoxy) is 2. The van der Waals surface area contributed by atoms with Crippen LogP contribution in [0.5, 0.6) is 11.5 Å². The zero-order valence-corrected chi connectivity index (χ0v) is 17.9. The summed E-state index contributed by atoms with van der Waals surface area (Å²) in [5, 5.41) is 2.91. The van der Waals surface area contributed by atoms with Gasteiger partial charge in [-0.25, -0.2) is 0 Å². The Labute approximate surface area is 174 Å². The molecule has 29 heavy (non-hydrogen) atoms. The molecular weight excluding hydrogens is 362 g/mol. The average Bonchev–Trinajstić information content (AvgIpc) is 2.73. The Kier molecular flexibility index (Phi) is 7.56. The van der Waals surface area contributed by atoms with Crippen LogP contribution in [0.4, 0.5) is 5.69 Å². The predicted octanol–water partition coefficient (Wildman–Crippen LogP) is 6.06. The molecule has 0 aromatic heterocycles. The van der Waals surface area contributed by atoms with E-state index in [1.165, 1.54) is 32.1 Å². The molecule has 2 aromatic rings. The van der Waals surface area contributed by atoms with E-state index >= 15 is 0 Å². The number of rotatable bonds is 8. The van der Waals surface area contributed by atoms with Gasteiger partial charge in [-0.3, -0.25) is 4.79 Å². The molecule has 4 heteroatoms. The summed E-state index contributed by atoms with van der Waals surface area (Å²) >= 11 is 0. The summed E-state index contributed by atoms with van der Waals surface area (Å²) in [6, 6.07) is 13.6. The number of hydrogen-bond acceptors (Lipinski definition) is 3. The molecule has 0 spiro atoms. The summed E-state index contributed by atoms with van der Waals surface area (Å²) < 4.78 is 11.7. The zero-order valence-electron chi connectivity index (χ0n) is 17.9. The van der Waals surface area contributed by atoms with Crippen molar-refractivity contribution >= 4 is 11.6 Å². The van der Waals surface area contributed by atoms with Gasteiger partial charge < -0.3 is 14.8 Å². The second kappa shape index (κ2) is 10.3. The maximum absolute atomic E-state index is 12.5. The van der Waals surface area contributed by atoms with Crippen molar-refractivity contribution in [1.82, 2.24) is 0 Å². The molecule has 1 aliphatic carbocycles.